The van der Waals surface area contributed by atoms with Crippen LogP contribution in [0.2, 0.25) is 0 Å². The molecule has 1 aromatic carbocycles. The summed E-state index contributed by atoms with van der Waals surface area (Å²) in [4.78, 5) is 36.1. The number of urea groups is 1. The first-order valence-corrected chi connectivity index (χ1v) is 5.47. The Morgan fingerprint density at radius 3 is 2.63 bits per heavy atom. The van der Waals surface area contributed by atoms with Crippen molar-refractivity contribution in [3.63, 3.8) is 0 Å². The van der Waals surface area contributed by atoms with Gasteiger partial charge in [-0.2, -0.15) is 0 Å². The fourth-order valence-corrected chi connectivity index (χ4v) is 1.82. The highest BCUT2D eigenvalue weighted by Gasteiger charge is 2.33. The highest BCUT2D eigenvalue weighted by Crippen LogP contribution is 2.17. The normalized spacial score (nSPS) is 15.3. The number of hydrogen-bond acceptors (Lipinski definition) is 3. The molecule has 0 unspecified atom stereocenters. The summed E-state index contributed by atoms with van der Waals surface area (Å²) in [5.41, 5.74) is -0.0965. The molecule has 1 heterocycles. The van der Waals surface area contributed by atoms with E-state index in [0.717, 1.165) is 23.1 Å². The number of likely N-dealkylation sites (N-methyl/N-ethyl adjacent to an activating group) is 1. The number of halogens is 1. The third-order valence-corrected chi connectivity index (χ3v) is 2.85. The zero-order valence-electron chi connectivity index (χ0n) is 10.1. The topological polar surface area (TPSA) is 77.9 Å². The Hall–Kier alpha value is -2.44. The van der Waals surface area contributed by atoms with Gasteiger partial charge in [0.05, 0.1) is 12.1 Å². The van der Waals surface area contributed by atoms with Crippen LogP contribution in [0.3, 0.4) is 0 Å². The molecule has 1 fully saturated rings. The number of carbonyl (C=O) groups excluding carboxylic acids is 2. The summed E-state index contributed by atoms with van der Waals surface area (Å²) >= 11 is 0. The number of hydrogen-bond donors (Lipinski definition) is 1. The largest absolute Gasteiger partial charge is 0.478 e. The van der Waals surface area contributed by atoms with Crippen LogP contribution in [0.15, 0.2) is 18.2 Å². The Morgan fingerprint density at radius 2 is 2.11 bits per heavy atom. The molecular formula is C12H11FN2O4. The molecule has 1 N–H and O–H groups in total. The number of carbonyl (C=O) groups is 3. The highest BCUT2D eigenvalue weighted by molar-refractivity contribution is 6.01. The Bertz CT molecular complexity index is 573. The average Bonchev–Trinajstić information content (AvgIpc) is 2.58. The van der Waals surface area contributed by atoms with Crippen molar-refractivity contribution < 1.29 is 23.9 Å². The lowest BCUT2D eigenvalue weighted by Gasteiger charge is -2.14. The van der Waals surface area contributed by atoms with E-state index in [4.69, 9.17) is 5.11 Å². The van der Waals surface area contributed by atoms with Gasteiger partial charge in [0.15, 0.2) is 0 Å². The van der Waals surface area contributed by atoms with Crippen LogP contribution in [0.5, 0.6) is 0 Å². The zero-order valence-corrected chi connectivity index (χ0v) is 10.1. The second-order valence-electron chi connectivity index (χ2n) is 4.23. The quantitative estimate of drug-likeness (QED) is 0.825. The number of carboxylic acid groups (broad SMARTS) is 1. The molecule has 0 saturated carbocycles. The molecule has 1 saturated heterocycles. The summed E-state index contributed by atoms with van der Waals surface area (Å²) in [5, 5.41) is 8.83. The molecule has 19 heavy (non-hydrogen) atoms. The smallest absolute Gasteiger partial charge is 0.335 e. The van der Waals surface area contributed by atoms with Gasteiger partial charge >= 0.3 is 12.0 Å². The van der Waals surface area contributed by atoms with Crippen molar-refractivity contribution in [3.05, 3.63) is 35.1 Å². The molecule has 1 aromatic rings. The Kier molecular flexibility index (Phi) is 3.20. The molecule has 0 aliphatic carbocycles. The van der Waals surface area contributed by atoms with Gasteiger partial charge in [-0.1, -0.05) is 0 Å². The molecule has 0 atom stereocenters. The van der Waals surface area contributed by atoms with Gasteiger partial charge in [0.2, 0.25) is 0 Å². The van der Waals surface area contributed by atoms with E-state index < -0.39 is 23.7 Å². The van der Waals surface area contributed by atoms with Crippen molar-refractivity contribution in [1.82, 2.24) is 9.80 Å². The van der Waals surface area contributed by atoms with E-state index in [2.05, 4.69) is 0 Å². The van der Waals surface area contributed by atoms with E-state index in [1.807, 2.05) is 0 Å². The van der Waals surface area contributed by atoms with Crippen LogP contribution in [0.4, 0.5) is 9.18 Å². The third-order valence-electron chi connectivity index (χ3n) is 2.85. The Balaban J connectivity index is 2.28. The van der Waals surface area contributed by atoms with Crippen molar-refractivity contribution in [2.24, 2.45) is 0 Å². The molecule has 7 heteroatoms. The number of aromatic carboxylic acids is 1. The van der Waals surface area contributed by atoms with Crippen LogP contribution in [0.25, 0.3) is 0 Å². The van der Waals surface area contributed by atoms with Gasteiger partial charge in [-0.3, -0.25) is 9.69 Å². The second kappa shape index (κ2) is 4.68. The van der Waals surface area contributed by atoms with Crippen LogP contribution in [-0.4, -0.2) is 46.4 Å². The first-order valence-electron chi connectivity index (χ1n) is 5.47. The SMILES string of the molecule is CN1CC(=O)N(Cc2cc(C(=O)O)ccc2F)C1=O. The third kappa shape index (κ3) is 2.40. The summed E-state index contributed by atoms with van der Waals surface area (Å²) in [6, 6.07) is 2.73. The molecule has 3 amide bonds. The molecule has 0 bridgehead atoms. The lowest BCUT2D eigenvalue weighted by atomic mass is 10.1. The summed E-state index contributed by atoms with van der Waals surface area (Å²) in [7, 11) is 1.46. The predicted octanol–water partition coefficient (Wildman–Crippen LogP) is 0.918. The molecule has 0 spiro atoms. The fourth-order valence-electron chi connectivity index (χ4n) is 1.82. The van der Waals surface area contributed by atoms with E-state index in [1.54, 1.807) is 0 Å². The summed E-state index contributed by atoms with van der Waals surface area (Å²) in [6.45, 7) is -0.325. The number of benzene rings is 1. The first-order chi connectivity index (χ1) is 8.90. The second-order valence-corrected chi connectivity index (χ2v) is 4.23. The summed E-state index contributed by atoms with van der Waals surface area (Å²) in [6.07, 6.45) is 0. The van der Waals surface area contributed by atoms with Gasteiger partial charge in [0.25, 0.3) is 5.91 Å². The predicted molar refractivity (Wildman–Crippen MR) is 61.9 cm³/mol. The van der Waals surface area contributed by atoms with Gasteiger partial charge in [0.1, 0.15) is 12.4 Å². The van der Waals surface area contributed by atoms with Crippen LogP contribution in [0, 0.1) is 5.82 Å². The molecule has 100 valence electrons. The number of carboxylic acids is 1. The number of amides is 3. The minimum atomic E-state index is -1.20. The van der Waals surface area contributed by atoms with Crippen molar-refractivity contribution in [2.75, 3.05) is 13.6 Å². The number of nitrogens with zero attached hydrogens (tertiary/aromatic N) is 2. The van der Waals surface area contributed by atoms with Gasteiger partial charge < -0.3 is 10.0 Å². The van der Waals surface area contributed by atoms with Gasteiger partial charge in [-0.15, -0.1) is 0 Å². The lowest BCUT2D eigenvalue weighted by molar-refractivity contribution is -0.125. The molecule has 0 radical (unpaired) electrons. The van der Waals surface area contributed by atoms with E-state index in [9.17, 15) is 18.8 Å². The molecule has 6 nitrogen and oxygen atoms in total. The van der Waals surface area contributed by atoms with Gasteiger partial charge in [0, 0.05) is 12.6 Å². The van der Waals surface area contributed by atoms with E-state index in [0.29, 0.717) is 0 Å². The maximum absolute atomic E-state index is 13.6. The van der Waals surface area contributed by atoms with Gasteiger partial charge in [-0.25, -0.2) is 14.0 Å². The minimum Gasteiger partial charge on any atom is -0.478 e. The van der Waals surface area contributed by atoms with E-state index >= 15 is 0 Å². The van der Waals surface area contributed by atoms with Crippen molar-refractivity contribution in [2.45, 2.75) is 6.54 Å². The maximum Gasteiger partial charge on any atom is 0.335 e. The van der Waals surface area contributed by atoms with Crippen LogP contribution in [0.1, 0.15) is 15.9 Å². The van der Waals surface area contributed by atoms with Crippen molar-refractivity contribution >= 4 is 17.9 Å². The summed E-state index contributed by atoms with van der Waals surface area (Å²) in [5.74, 6) is -2.29. The maximum atomic E-state index is 13.6. The fraction of sp³-hybridized carbons (Fsp3) is 0.250. The average molecular weight is 266 g/mol. The van der Waals surface area contributed by atoms with Crippen molar-refractivity contribution in [1.29, 1.82) is 0 Å². The van der Waals surface area contributed by atoms with Crippen molar-refractivity contribution in [3.8, 4) is 0 Å². The Morgan fingerprint density at radius 1 is 1.42 bits per heavy atom. The van der Waals surface area contributed by atoms with E-state index in [-0.39, 0.29) is 24.2 Å². The molecule has 2 rings (SSSR count). The minimum absolute atomic E-state index is 0.00287. The Labute approximate surface area is 108 Å². The molecule has 0 aromatic heterocycles. The van der Waals surface area contributed by atoms with Gasteiger partial charge in [-0.05, 0) is 18.2 Å². The zero-order chi connectivity index (χ0) is 14.2. The molecular weight excluding hydrogens is 255 g/mol. The van der Waals surface area contributed by atoms with Crippen LogP contribution >= 0.6 is 0 Å². The molecule has 1 aliphatic rings. The first kappa shape index (κ1) is 13.0. The number of rotatable bonds is 3. The lowest BCUT2D eigenvalue weighted by Crippen LogP contribution is -2.31. The van der Waals surface area contributed by atoms with E-state index in [1.165, 1.54) is 11.9 Å². The standard InChI is InChI=1S/C12H11FN2O4/c1-14-6-10(16)15(12(14)19)5-8-4-7(11(17)18)2-3-9(8)13/h2-4H,5-6H2,1H3,(H,17,18). The highest BCUT2D eigenvalue weighted by atomic mass is 19.1. The molecule has 1 aliphatic heterocycles. The summed E-state index contributed by atoms with van der Waals surface area (Å²) < 4.78 is 13.6. The van der Waals surface area contributed by atoms with Crippen LogP contribution < -0.4 is 0 Å². The monoisotopic (exact) mass is 266 g/mol. The van der Waals surface area contributed by atoms with Crippen LogP contribution in [-0.2, 0) is 11.3 Å². The number of imide groups is 1.